The molecule has 0 spiro atoms. The Morgan fingerprint density at radius 2 is 1.78 bits per heavy atom. The van der Waals surface area contributed by atoms with Crippen LogP contribution in [-0.2, 0) is 4.79 Å². The van der Waals surface area contributed by atoms with E-state index in [1.165, 1.54) is 6.08 Å². The summed E-state index contributed by atoms with van der Waals surface area (Å²) in [6, 6.07) is 23.7. The lowest BCUT2D eigenvalue weighted by Gasteiger charge is -2.07. The molecule has 5 rings (SSSR count). The summed E-state index contributed by atoms with van der Waals surface area (Å²) in [4.78, 5) is 16.8. The first-order valence-corrected chi connectivity index (χ1v) is 11.9. The minimum absolute atomic E-state index is 0.134. The summed E-state index contributed by atoms with van der Waals surface area (Å²) in [6.45, 7) is 0. The van der Waals surface area contributed by atoms with Crippen molar-refractivity contribution in [2.24, 2.45) is 0 Å². The molecule has 0 aliphatic rings. The Labute approximate surface area is 221 Å². The number of nitrogens with zero attached hydrogens (tertiary/aromatic N) is 1. The molecule has 3 aromatic carbocycles. The molecule has 0 bridgehead atoms. The minimum Gasteiger partial charge on any atom is -0.457 e. The number of amides is 1. The number of furan rings is 1. The van der Waals surface area contributed by atoms with Crippen molar-refractivity contribution < 1.29 is 13.6 Å². The Hall–Kier alpha value is -3.91. The van der Waals surface area contributed by atoms with Crippen molar-refractivity contribution >= 4 is 69.3 Å². The van der Waals surface area contributed by atoms with E-state index in [1.54, 1.807) is 48.5 Å². The fraction of sp³-hybridized carbons (Fsp3) is 0. The Kier molecular flexibility index (Phi) is 6.86. The molecule has 178 valence electrons. The van der Waals surface area contributed by atoms with E-state index < -0.39 is 5.91 Å². The van der Waals surface area contributed by atoms with E-state index in [0.29, 0.717) is 44.0 Å². The highest BCUT2D eigenvalue weighted by Gasteiger charge is 2.13. The van der Waals surface area contributed by atoms with Crippen molar-refractivity contribution in [3.05, 3.63) is 101 Å². The van der Waals surface area contributed by atoms with Gasteiger partial charge in [-0.3, -0.25) is 10.1 Å². The van der Waals surface area contributed by atoms with E-state index in [2.05, 4.69) is 15.6 Å². The van der Waals surface area contributed by atoms with E-state index >= 15 is 0 Å². The maximum absolute atomic E-state index is 12.3. The van der Waals surface area contributed by atoms with Crippen LogP contribution in [0, 0.1) is 0 Å². The van der Waals surface area contributed by atoms with Crippen LogP contribution in [0.5, 0.6) is 0 Å². The van der Waals surface area contributed by atoms with Gasteiger partial charge < -0.3 is 14.2 Å². The quantitative estimate of drug-likeness (QED) is 0.179. The first-order chi connectivity index (χ1) is 17.4. The van der Waals surface area contributed by atoms with E-state index in [0.717, 1.165) is 11.3 Å². The lowest BCUT2D eigenvalue weighted by molar-refractivity contribution is -0.115. The molecule has 2 aromatic heterocycles. The van der Waals surface area contributed by atoms with Gasteiger partial charge in [0.05, 0.1) is 10.6 Å². The van der Waals surface area contributed by atoms with Crippen LogP contribution in [0.2, 0.25) is 10.0 Å². The molecule has 0 saturated heterocycles. The predicted octanol–water partition coefficient (Wildman–Crippen LogP) is 7.59. The van der Waals surface area contributed by atoms with Crippen LogP contribution in [0.25, 0.3) is 40.0 Å². The maximum Gasteiger partial charge on any atom is 0.250 e. The predicted molar refractivity (Wildman–Crippen MR) is 147 cm³/mol. The number of fused-ring (bicyclic) bond motifs is 1. The Balaban J connectivity index is 1.22. The molecule has 36 heavy (non-hydrogen) atoms. The number of anilines is 1. The van der Waals surface area contributed by atoms with E-state index in [4.69, 9.17) is 44.3 Å². The van der Waals surface area contributed by atoms with Crippen LogP contribution in [0.4, 0.5) is 5.69 Å². The molecule has 5 aromatic rings. The van der Waals surface area contributed by atoms with E-state index in [-0.39, 0.29) is 5.11 Å². The van der Waals surface area contributed by atoms with Crippen LogP contribution < -0.4 is 10.6 Å². The molecule has 1 amide bonds. The molecule has 2 heterocycles. The van der Waals surface area contributed by atoms with E-state index in [1.807, 2.05) is 36.4 Å². The second kappa shape index (κ2) is 10.4. The van der Waals surface area contributed by atoms with Gasteiger partial charge in [-0.1, -0.05) is 53.5 Å². The fourth-order valence-electron chi connectivity index (χ4n) is 3.46. The number of aromatic nitrogens is 1. The van der Waals surface area contributed by atoms with Gasteiger partial charge in [0, 0.05) is 22.3 Å². The number of thiocarbonyl (C=S) groups is 1. The van der Waals surface area contributed by atoms with Gasteiger partial charge in [-0.2, -0.15) is 0 Å². The maximum atomic E-state index is 12.3. The SMILES string of the molecule is O=C(/C=C/c1ccc(-c2ccccc2)o1)NC(=S)Nc1ccc2oc(-c3cc(Cl)ccc3Cl)nc2c1. The molecule has 0 saturated carbocycles. The van der Waals surface area contributed by atoms with Gasteiger partial charge in [0.15, 0.2) is 10.7 Å². The van der Waals surface area contributed by atoms with Gasteiger partial charge in [0.25, 0.3) is 0 Å². The zero-order valence-corrected chi connectivity index (χ0v) is 20.8. The van der Waals surface area contributed by atoms with Crippen molar-refractivity contribution in [2.45, 2.75) is 0 Å². The second-order valence-corrected chi connectivity index (χ2v) is 8.92. The zero-order valence-electron chi connectivity index (χ0n) is 18.5. The Bertz CT molecular complexity index is 1610. The molecule has 0 aliphatic heterocycles. The summed E-state index contributed by atoms with van der Waals surface area (Å²) in [6.07, 6.45) is 2.93. The van der Waals surface area contributed by atoms with Gasteiger partial charge in [0.1, 0.15) is 17.0 Å². The number of benzene rings is 3. The number of carbonyl (C=O) groups is 1. The van der Waals surface area contributed by atoms with Crippen molar-refractivity contribution in [1.29, 1.82) is 0 Å². The number of oxazole rings is 1. The van der Waals surface area contributed by atoms with Crippen LogP contribution >= 0.6 is 35.4 Å². The first kappa shape index (κ1) is 23.8. The third-order valence-corrected chi connectivity index (χ3v) is 5.89. The number of halogens is 2. The molecule has 6 nitrogen and oxygen atoms in total. The normalized spacial score (nSPS) is 11.2. The summed E-state index contributed by atoms with van der Waals surface area (Å²) < 4.78 is 11.6. The zero-order chi connectivity index (χ0) is 25.1. The van der Waals surface area contributed by atoms with Gasteiger partial charge in [-0.05, 0) is 66.8 Å². The average molecular weight is 534 g/mol. The highest BCUT2D eigenvalue weighted by Crippen LogP contribution is 2.32. The summed E-state index contributed by atoms with van der Waals surface area (Å²) in [5.41, 5.74) is 3.34. The molecule has 0 aliphatic carbocycles. The number of nitrogens with one attached hydrogen (secondary N) is 2. The molecular weight excluding hydrogens is 517 g/mol. The minimum atomic E-state index is -0.398. The third kappa shape index (κ3) is 5.49. The molecule has 0 fully saturated rings. The standard InChI is InChI=1S/C27H17Cl2N3O3S/c28-17-6-10-21(29)20(14-17)26-31-22-15-18(7-11-24(22)35-26)30-27(36)32-25(33)13-9-19-8-12-23(34-19)16-4-2-1-3-5-16/h1-15H,(H2,30,32,33,36)/b13-9+. The number of hydrogen-bond acceptors (Lipinski definition) is 5. The van der Waals surface area contributed by atoms with Crippen molar-refractivity contribution in [2.75, 3.05) is 5.32 Å². The number of hydrogen-bond donors (Lipinski definition) is 2. The van der Waals surface area contributed by atoms with Crippen LogP contribution in [0.3, 0.4) is 0 Å². The molecule has 0 unspecified atom stereocenters. The third-order valence-electron chi connectivity index (χ3n) is 5.13. The average Bonchev–Trinajstić information content (AvgIpc) is 3.52. The number of carbonyl (C=O) groups excluding carboxylic acids is 1. The summed E-state index contributed by atoms with van der Waals surface area (Å²) >= 11 is 17.6. The first-order valence-electron chi connectivity index (χ1n) is 10.8. The molecule has 9 heteroatoms. The number of rotatable bonds is 5. The smallest absolute Gasteiger partial charge is 0.250 e. The van der Waals surface area contributed by atoms with Crippen molar-refractivity contribution in [3.63, 3.8) is 0 Å². The largest absolute Gasteiger partial charge is 0.457 e. The van der Waals surface area contributed by atoms with Crippen LogP contribution in [-0.4, -0.2) is 16.0 Å². The van der Waals surface area contributed by atoms with Crippen LogP contribution in [0.1, 0.15) is 5.76 Å². The summed E-state index contributed by atoms with van der Waals surface area (Å²) in [5, 5.41) is 6.72. The fourth-order valence-corrected chi connectivity index (χ4v) is 4.04. The molecule has 0 atom stereocenters. The lowest BCUT2D eigenvalue weighted by atomic mass is 10.2. The topological polar surface area (TPSA) is 80.3 Å². The van der Waals surface area contributed by atoms with E-state index in [9.17, 15) is 4.79 Å². The monoisotopic (exact) mass is 533 g/mol. The second-order valence-electron chi connectivity index (χ2n) is 7.67. The molecule has 2 N–H and O–H groups in total. The van der Waals surface area contributed by atoms with Gasteiger partial charge in [-0.15, -0.1) is 0 Å². The molecule has 0 radical (unpaired) electrons. The highest BCUT2D eigenvalue weighted by molar-refractivity contribution is 7.80. The summed E-state index contributed by atoms with van der Waals surface area (Å²) in [5.74, 6) is 1.22. The Morgan fingerprint density at radius 3 is 2.61 bits per heavy atom. The Morgan fingerprint density at radius 1 is 0.944 bits per heavy atom. The van der Waals surface area contributed by atoms with Crippen LogP contribution in [0.15, 0.2) is 93.8 Å². The van der Waals surface area contributed by atoms with Crippen molar-refractivity contribution in [1.82, 2.24) is 10.3 Å². The lowest BCUT2D eigenvalue weighted by Crippen LogP contribution is -2.32. The van der Waals surface area contributed by atoms with Crippen molar-refractivity contribution in [3.8, 4) is 22.8 Å². The highest BCUT2D eigenvalue weighted by atomic mass is 35.5. The summed E-state index contributed by atoms with van der Waals surface area (Å²) in [7, 11) is 0. The van der Waals surface area contributed by atoms with Gasteiger partial charge >= 0.3 is 0 Å². The molecular formula is C27H17Cl2N3O3S. The van der Waals surface area contributed by atoms with Gasteiger partial charge in [-0.25, -0.2) is 4.98 Å². The van der Waals surface area contributed by atoms with Gasteiger partial charge in [0.2, 0.25) is 11.8 Å².